The van der Waals surface area contributed by atoms with Crippen molar-refractivity contribution in [2.45, 2.75) is 81.0 Å². The predicted molar refractivity (Wildman–Crippen MR) is 206 cm³/mol. The highest BCUT2D eigenvalue weighted by Crippen LogP contribution is 2.42. The van der Waals surface area contributed by atoms with Crippen LogP contribution in [0, 0.1) is 0 Å². The molecule has 10 heteroatoms. The van der Waals surface area contributed by atoms with Gasteiger partial charge in [0.1, 0.15) is 0 Å². The third-order valence-corrected chi connectivity index (χ3v) is 22.4. The number of hydrogen-bond acceptors (Lipinski definition) is 6. The van der Waals surface area contributed by atoms with Crippen LogP contribution in [0.5, 0.6) is 0 Å². The van der Waals surface area contributed by atoms with E-state index in [2.05, 4.69) is 91.0 Å². The fourth-order valence-electron chi connectivity index (χ4n) is 7.18. The van der Waals surface area contributed by atoms with Crippen molar-refractivity contribution < 1.29 is 26.6 Å². The van der Waals surface area contributed by atoms with Crippen molar-refractivity contribution in [3.63, 3.8) is 0 Å². The van der Waals surface area contributed by atoms with Gasteiger partial charge in [0.2, 0.25) is 0 Å². The van der Waals surface area contributed by atoms with Gasteiger partial charge in [0.15, 0.2) is 0 Å². The van der Waals surface area contributed by atoms with Gasteiger partial charge >= 0.3 is 25.7 Å². The van der Waals surface area contributed by atoms with Crippen molar-refractivity contribution in [3.05, 3.63) is 91.0 Å². The Morgan fingerprint density at radius 2 is 0.638 bits per heavy atom. The maximum Gasteiger partial charge on any atom is 0.371 e. The van der Waals surface area contributed by atoms with Gasteiger partial charge in [-0.05, 0) is 38.7 Å². The number of rotatable bonds is 24. The van der Waals surface area contributed by atoms with E-state index in [0.717, 1.165) is 37.4 Å². The van der Waals surface area contributed by atoms with Crippen LogP contribution < -0.4 is 15.6 Å². The lowest BCUT2D eigenvalue weighted by Crippen LogP contribution is -2.52. The van der Waals surface area contributed by atoms with Gasteiger partial charge in [0.05, 0.1) is 0 Å². The van der Waals surface area contributed by atoms with Gasteiger partial charge in [-0.2, -0.15) is 0 Å². The first-order valence-corrected chi connectivity index (χ1v) is 24.3. The first-order chi connectivity index (χ1) is 22.8. The Morgan fingerprint density at radius 3 is 0.851 bits per heavy atom. The van der Waals surface area contributed by atoms with Crippen LogP contribution in [0.25, 0.3) is 0 Å². The molecular formula is C37H60O6Si4. The molecule has 0 atom stereocenters. The van der Waals surface area contributed by atoms with E-state index in [1.54, 1.807) is 0 Å². The van der Waals surface area contributed by atoms with Gasteiger partial charge in [-0.25, -0.2) is 0 Å². The molecule has 0 bridgehead atoms. The van der Waals surface area contributed by atoms with Crippen molar-refractivity contribution in [2.75, 3.05) is 42.7 Å². The van der Waals surface area contributed by atoms with E-state index >= 15 is 0 Å². The quantitative estimate of drug-likeness (QED) is 0.0846. The monoisotopic (exact) mass is 712 g/mol. The minimum absolute atomic E-state index is 0.380. The molecular weight excluding hydrogens is 653 g/mol. The average Bonchev–Trinajstić information content (AvgIpc) is 3.14. The van der Waals surface area contributed by atoms with Crippen molar-refractivity contribution in [1.82, 2.24) is 0 Å². The second-order valence-corrected chi connectivity index (χ2v) is 25.3. The highest BCUT2D eigenvalue weighted by Gasteiger charge is 2.40. The summed E-state index contributed by atoms with van der Waals surface area (Å²) in [6.45, 7) is 0. The molecule has 47 heavy (non-hydrogen) atoms. The van der Waals surface area contributed by atoms with Crippen molar-refractivity contribution in [2.24, 2.45) is 0 Å². The van der Waals surface area contributed by atoms with Crippen LogP contribution in [0.15, 0.2) is 91.0 Å². The second-order valence-electron chi connectivity index (χ2n) is 13.0. The standard InChI is InChI=1S/C37H60O6Si4/c1-38-45(39-2,34-22-10-7-11-23-34)31-19-16-28-37(44,29-17-20-32-46(40-3,41-4)35-24-12-8-13-25-35)30-18-21-33-47(42-5,43-6)36-26-14-9-15-27-36/h7-15,22-27H,16-21,28-33H2,1-6,44H3. The lowest BCUT2D eigenvalue weighted by molar-refractivity contribution is 0.254. The molecule has 0 radical (unpaired) electrons. The molecule has 0 fully saturated rings. The molecule has 260 valence electrons. The summed E-state index contributed by atoms with van der Waals surface area (Å²) in [6, 6.07) is 34.6. The Balaban J connectivity index is 1.65. The fraction of sp³-hybridized carbons (Fsp3) is 0.514. The SMILES string of the molecule is CO[Si](CCCCC([SiH3])(CCCC[Si](OC)(OC)c1ccccc1)CCCC[Si](OC)(OC)c1ccccc1)(OC)c1ccccc1. The molecule has 0 saturated carbocycles. The van der Waals surface area contributed by atoms with Gasteiger partial charge in [-0.15, -0.1) is 0 Å². The predicted octanol–water partition coefficient (Wildman–Crippen LogP) is 5.95. The molecule has 3 aromatic carbocycles. The van der Waals surface area contributed by atoms with Crippen LogP contribution in [-0.2, 0) is 26.6 Å². The summed E-state index contributed by atoms with van der Waals surface area (Å²) in [7, 11) is 4.76. The van der Waals surface area contributed by atoms with E-state index in [-0.39, 0.29) is 0 Å². The molecule has 0 saturated heterocycles. The number of benzene rings is 3. The van der Waals surface area contributed by atoms with E-state index in [1.165, 1.54) is 64.3 Å². The summed E-state index contributed by atoms with van der Waals surface area (Å²) in [5.74, 6) is 0. The summed E-state index contributed by atoms with van der Waals surface area (Å²) in [6.07, 6.45) is 10.7. The van der Waals surface area contributed by atoms with Crippen LogP contribution >= 0.6 is 0 Å². The largest absolute Gasteiger partial charge is 0.394 e. The van der Waals surface area contributed by atoms with Gasteiger partial charge in [0.25, 0.3) is 0 Å². The Morgan fingerprint density at radius 1 is 0.404 bits per heavy atom. The Hall–Kier alpha value is -1.71. The third kappa shape index (κ3) is 10.9. The Bertz CT molecular complexity index is 1090. The van der Waals surface area contributed by atoms with Crippen molar-refractivity contribution in [3.8, 4) is 0 Å². The molecule has 0 spiro atoms. The maximum absolute atomic E-state index is 6.13. The Kier molecular flexibility index (Phi) is 17.0. The highest BCUT2D eigenvalue weighted by atomic mass is 28.4. The zero-order chi connectivity index (χ0) is 34.1. The maximum atomic E-state index is 6.13. The van der Waals surface area contributed by atoms with Gasteiger partial charge < -0.3 is 26.6 Å². The zero-order valence-corrected chi connectivity index (χ0v) is 35.1. The van der Waals surface area contributed by atoms with Crippen molar-refractivity contribution >= 4 is 51.5 Å². The van der Waals surface area contributed by atoms with Gasteiger partial charge in [-0.3, -0.25) is 0 Å². The van der Waals surface area contributed by atoms with E-state index in [4.69, 9.17) is 26.6 Å². The lowest BCUT2D eigenvalue weighted by Gasteiger charge is -2.33. The normalized spacial score (nSPS) is 12.9. The first-order valence-electron chi connectivity index (χ1n) is 17.3. The molecule has 0 amide bonds. The summed E-state index contributed by atoms with van der Waals surface area (Å²) in [4.78, 5) is 0. The minimum Gasteiger partial charge on any atom is -0.394 e. The lowest BCUT2D eigenvalue weighted by atomic mass is 9.89. The number of unbranched alkanes of at least 4 members (excludes halogenated alkanes) is 3. The third-order valence-electron chi connectivity index (χ3n) is 10.2. The highest BCUT2D eigenvalue weighted by molar-refractivity contribution is 6.82. The smallest absolute Gasteiger partial charge is 0.371 e. The van der Waals surface area contributed by atoms with Gasteiger partial charge in [-0.1, -0.05) is 149 Å². The molecule has 0 N–H and O–H groups in total. The first kappa shape index (κ1) is 39.7. The summed E-state index contributed by atoms with van der Waals surface area (Å²) in [5, 5.41) is 4.02. The molecule has 0 aromatic heterocycles. The van der Waals surface area contributed by atoms with E-state index in [0.29, 0.717) is 5.04 Å². The Labute approximate surface area is 291 Å². The molecule has 6 nitrogen and oxygen atoms in total. The molecule has 0 unspecified atom stereocenters. The van der Waals surface area contributed by atoms with Crippen LogP contribution in [-0.4, -0.2) is 78.6 Å². The molecule has 0 aliphatic heterocycles. The molecule has 3 rings (SSSR count). The van der Waals surface area contributed by atoms with E-state index in [1.807, 2.05) is 42.7 Å². The summed E-state index contributed by atoms with van der Waals surface area (Å²) >= 11 is 0. The van der Waals surface area contributed by atoms with E-state index < -0.39 is 25.7 Å². The van der Waals surface area contributed by atoms with E-state index in [9.17, 15) is 0 Å². The van der Waals surface area contributed by atoms with Gasteiger partial charge in [0, 0.05) is 52.9 Å². The van der Waals surface area contributed by atoms with Crippen LogP contribution in [0.2, 0.25) is 23.2 Å². The fourth-order valence-corrected chi connectivity index (χ4v) is 16.5. The molecule has 3 aromatic rings. The van der Waals surface area contributed by atoms with Crippen LogP contribution in [0.4, 0.5) is 0 Å². The van der Waals surface area contributed by atoms with Crippen LogP contribution in [0.1, 0.15) is 57.8 Å². The average molecular weight is 713 g/mol. The van der Waals surface area contributed by atoms with Crippen LogP contribution in [0.3, 0.4) is 0 Å². The number of hydrogen-bond donors (Lipinski definition) is 0. The summed E-state index contributed by atoms with van der Waals surface area (Å²) < 4.78 is 36.8. The minimum atomic E-state index is -2.44. The molecule has 0 aliphatic rings. The van der Waals surface area contributed by atoms with Crippen molar-refractivity contribution in [1.29, 1.82) is 0 Å². The second kappa shape index (κ2) is 20.1. The summed E-state index contributed by atoms with van der Waals surface area (Å²) in [5.41, 5.74) is 0. The topological polar surface area (TPSA) is 55.4 Å². The molecule has 0 heterocycles. The molecule has 0 aliphatic carbocycles. The zero-order valence-electron chi connectivity index (χ0n) is 30.1.